The van der Waals surface area contributed by atoms with Gasteiger partial charge >= 0.3 is 0 Å². The lowest BCUT2D eigenvalue weighted by Gasteiger charge is -2.41. The third kappa shape index (κ3) is 6.12. The Labute approximate surface area is 255 Å². The summed E-state index contributed by atoms with van der Waals surface area (Å²) in [5.41, 5.74) is 2.10. The first-order chi connectivity index (χ1) is 20.2. The van der Waals surface area contributed by atoms with Crippen LogP contribution in [-0.4, -0.2) is 70.5 Å². The first-order valence-electron chi connectivity index (χ1n) is 14.3. The van der Waals surface area contributed by atoms with Crippen LogP contribution in [-0.2, 0) is 22.7 Å². The maximum absolute atomic E-state index is 14.0. The minimum Gasteiger partial charge on any atom is -0.493 e. The molecule has 4 unspecified atom stereocenters. The highest BCUT2D eigenvalue weighted by Gasteiger charge is 2.51. The third-order valence-electron chi connectivity index (χ3n) is 8.47. The second-order valence-electron chi connectivity index (χ2n) is 11.1. The second-order valence-corrected chi connectivity index (χ2v) is 12.0. The Hall–Kier alpha value is -2.82. The lowest BCUT2D eigenvalue weighted by molar-refractivity contribution is -0.139. The van der Waals surface area contributed by atoms with E-state index >= 15 is 0 Å². The molecule has 2 aromatic rings. The number of fused-ring (bicyclic) bond motifs is 3. The van der Waals surface area contributed by atoms with E-state index in [4.69, 9.17) is 32.7 Å². The number of aliphatic hydroxyl groups excluding tert-OH is 3. The Balaban J connectivity index is 1.58. The van der Waals surface area contributed by atoms with E-state index in [1.165, 1.54) is 7.11 Å². The van der Waals surface area contributed by atoms with Crippen LogP contribution in [0, 0.1) is 5.92 Å². The van der Waals surface area contributed by atoms with Gasteiger partial charge in [0.25, 0.3) is 0 Å². The number of rotatable bonds is 10. The number of carbonyl (C=O) groups is 2. The van der Waals surface area contributed by atoms with Crippen LogP contribution in [0.3, 0.4) is 0 Å². The number of nitrogens with zero attached hydrogens (tertiary/aromatic N) is 1. The summed E-state index contributed by atoms with van der Waals surface area (Å²) in [6.07, 6.45) is 3.91. The van der Waals surface area contributed by atoms with E-state index in [1.807, 2.05) is 0 Å². The molecule has 3 aliphatic rings. The van der Waals surface area contributed by atoms with Gasteiger partial charge in [-0.25, -0.2) is 0 Å². The number of aliphatic hydroxyl groups is 3. The van der Waals surface area contributed by atoms with Crippen LogP contribution in [0.25, 0.3) is 0 Å². The van der Waals surface area contributed by atoms with Crippen molar-refractivity contribution >= 4 is 35.0 Å². The normalized spacial score (nSPS) is 23.0. The van der Waals surface area contributed by atoms with Gasteiger partial charge in [-0.1, -0.05) is 42.1 Å². The fourth-order valence-electron chi connectivity index (χ4n) is 6.39. The summed E-state index contributed by atoms with van der Waals surface area (Å²) in [5.74, 6) is -0.317. The quantitative estimate of drug-likeness (QED) is 0.319. The van der Waals surface area contributed by atoms with Crippen LogP contribution < -0.4 is 14.8 Å². The molecule has 2 aromatic carbocycles. The first kappa shape index (κ1) is 30.6. The number of amides is 2. The molecule has 1 aliphatic heterocycles. The fourth-order valence-corrected chi connectivity index (χ4v) is 6.86. The van der Waals surface area contributed by atoms with Gasteiger partial charge in [-0.3, -0.25) is 9.59 Å². The Morgan fingerprint density at radius 2 is 1.90 bits per heavy atom. The van der Waals surface area contributed by atoms with Gasteiger partial charge in [-0.2, -0.15) is 0 Å². The van der Waals surface area contributed by atoms with Crippen molar-refractivity contribution in [2.75, 3.05) is 20.3 Å². The second kappa shape index (κ2) is 13.2. The Morgan fingerprint density at radius 3 is 2.57 bits per heavy atom. The standard InChI is InChI=1S/C31H36Cl2N2O7/c1-41-25-11-18(16-37)10-21-27-22(31(40)34-8-9-36)14-24(28(39)30(27)42-29(21)25)35(26(38)12-17-4-2-3-5-17)15-19-6-7-20(32)13-23(19)33/h6-7,10-11,13-14,17,24,27-28,30,36-37,39H,2-5,8-9,12,15-16H2,1H3,(H,34,40). The number of ether oxygens (including phenoxy) is 2. The van der Waals surface area contributed by atoms with Crippen LogP contribution in [0.4, 0.5) is 0 Å². The summed E-state index contributed by atoms with van der Waals surface area (Å²) < 4.78 is 11.8. The van der Waals surface area contributed by atoms with Gasteiger partial charge in [-0.15, -0.1) is 0 Å². The lowest BCUT2D eigenvalue weighted by Crippen LogP contribution is -2.55. The van der Waals surface area contributed by atoms with E-state index in [1.54, 1.807) is 41.3 Å². The number of halogens is 2. The van der Waals surface area contributed by atoms with E-state index in [9.17, 15) is 24.9 Å². The van der Waals surface area contributed by atoms with Crippen molar-refractivity contribution in [3.63, 3.8) is 0 Å². The van der Waals surface area contributed by atoms with Gasteiger partial charge in [0.2, 0.25) is 11.8 Å². The molecule has 0 spiro atoms. The number of methoxy groups -OCH3 is 1. The molecule has 1 saturated carbocycles. The van der Waals surface area contributed by atoms with E-state index in [-0.39, 0.29) is 38.1 Å². The molecule has 0 bridgehead atoms. The zero-order valence-electron chi connectivity index (χ0n) is 23.4. The van der Waals surface area contributed by atoms with Crippen molar-refractivity contribution < 1.29 is 34.4 Å². The number of nitrogens with one attached hydrogen (secondary N) is 1. The van der Waals surface area contributed by atoms with Gasteiger partial charge < -0.3 is 35.0 Å². The molecule has 0 saturated heterocycles. The van der Waals surface area contributed by atoms with E-state index in [2.05, 4.69) is 5.32 Å². The Bertz CT molecular complexity index is 1360. The van der Waals surface area contributed by atoms with Crippen LogP contribution in [0.5, 0.6) is 11.5 Å². The van der Waals surface area contributed by atoms with Gasteiger partial charge in [0.05, 0.1) is 32.3 Å². The van der Waals surface area contributed by atoms with Crippen molar-refractivity contribution in [1.82, 2.24) is 10.2 Å². The van der Waals surface area contributed by atoms with E-state index in [0.717, 1.165) is 25.7 Å². The Kier molecular flexibility index (Phi) is 9.64. The van der Waals surface area contributed by atoms with Crippen molar-refractivity contribution in [1.29, 1.82) is 0 Å². The van der Waals surface area contributed by atoms with Crippen molar-refractivity contribution in [3.8, 4) is 11.5 Å². The van der Waals surface area contributed by atoms with Gasteiger partial charge in [0, 0.05) is 40.7 Å². The van der Waals surface area contributed by atoms with Gasteiger partial charge in [0.1, 0.15) is 12.2 Å². The average Bonchev–Trinajstić information content (AvgIpc) is 3.64. The maximum atomic E-state index is 14.0. The highest BCUT2D eigenvalue weighted by atomic mass is 35.5. The predicted octanol–water partition coefficient (Wildman–Crippen LogP) is 3.73. The summed E-state index contributed by atoms with van der Waals surface area (Å²) in [5, 5.41) is 34.7. The molecule has 4 N–H and O–H groups in total. The number of hydrogen-bond acceptors (Lipinski definition) is 7. The van der Waals surface area contributed by atoms with Crippen LogP contribution >= 0.6 is 23.2 Å². The molecular formula is C31H36Cl2N2O7. The minimum atomic E-state index is -1.21. The number of benzene rings is 2. The van der Waals surface area contributed by atoms with Crippen molar-refractivity contribution in [2.45, 2.75) is 69.4 Å². The summed E-state index contributed by atoms with van der Waals surface area (Å²) in [4.78, 5) is 29.1. The van der Waals surface area contributed by atoms with Crippen molar-refractivity contribution in [2.24, 2.45) is 5.92 Å². The molecule has 1 fully saturated rings. The zero-order chi connectivity index (χ0) is 30.0. The summed E-state index contributed by atoms with van der Waals surface area (Å²) in [7, 11) is 1.48. The molecule has 5 rings (SSSR count). The third-order valence-corrected chi connectivity index (χ3v) is 9.06. The molecular weight excluding hydrogens is 583 g/mol. The SMILES string of the molecule is COc1cc(CO)cc2c1OC1C2C(C(=O)NCCO)=CC(N(Cc2ccc(Cl)cc2Cl)C(=O)CC2CCCC2)C1O. The lowest BCUT2D eigenvalue weighted by atomic mass is 9.77. The van der Waals surface area contributed by atoms with Gasteiger partial charge in [0.15, 0.2) is 11.5 Å². The molecule has 11 heteroatoms. The molecule has 226 valence electrons. The smallest absolute Gasteiger partial charge is 0.247 e. The molecule has 0 radical (unpaired) electrons. The van der Waals surface area contributed by atoms with Crippen LogP contribution in [0.15, 0.2) is 42.0 Å². The predicted molar refractivity (Wildman–Crippen MR) is 158 cm³/mol. The number of carbonyl (C=O) groups excluding carboxylic acids is 2. The summed E-state index contributed by atoms with van der Waals surface area (Å²) in [6, 6.07) is 7.52. The highest BCUT2D eigenvalue weighted by Crippen LogP contribution is 2.51. The molecule has 9 nitrogen and oxygen atoms in total. The Morgan fingerprint density at radius 1 is 1.14 bits per heavy atom. The maximum Gasteiger partial charge on any atom is 0.247 e. The fraction of sp³-hybridized carbons (Fsp3) is 0.484. The topological polar surface area (TPSA) is 129 Å². The monoisotopic (exact) mass is 618 g/mol. The van der Waals surface area contributed by atoms with E-state index in [0.29, 0.717) is 50.2 Å². The summed E-state index contributed by atoms with van der Waals surface area (Å²) in [6.45, 7) is -0.393. The molecule has 0 aromatic heterocycles. The molecule has 2 amide bonds. The first-order valence-corrected chi connectivity index (χ1v) is 15.0. The molecule has 1 heterocycles. The zero-order valence-corrected chi connectivity index (χ0v) is 24.9. The highest BCUT2D eigenvalue weighted by molar-refractivity contribution is 6.35. The molecule has 4 atom stereocenters. The molecule has 42 heavy (non-hydrogen) atoms. The van der Waals surface area contributed by atoms with Crippen LogP contribution in [0.2, 0.25) is 10.0 Å². The minimum absolute atomic E-state index is 0.0270. The van der Waals surface area contributed by atoms with Crippen molar-refractivity contribution in [3.05, 3.63) is 68.7 Å². The van der Waals surface area contributed by atoms with Gasteiger partial charge in [-0.05, 0) is 60.2 Å². The average molecular weight is 620 g/mol. The molecule has 2 aliphatic carbocycles. The largest absolute Gasteiger partial charge is 0.493 e. The van der Waals surface area contributed by atoms with Crippen LogP contribution in [0.1, 0.15) is 54.7 Å². The summed E-state index contributed by atoms with van der Waals surface area (Å²) >= 11 is 12.7. The van der Waals surface area contributed by atoms with E-state index < -0.39 is 30.1 Å². The number of hydrogen-bond donors (Lipinski definition) is 4.